The van der Waals surface area contributed by atoms with Crippen molar-refractivity contribution in [2.75, 3.05) is 24.0 Å². The van der Waals surface area contributed by atoms with Gasteiger partial charge in [-0.1, -0.05) is 6.92 Å². The quantitative estimate of drug-likeness (QED) is 0.844. The summed E-state index contributed by atoms with van der Waals surface area (Å²) in [5.41, 5.74) is 8.01. The summed E-state index contributed by atoms with van der Waals surface area (Å²) in [5.74, 6) is 2.14. The SMILES string of the molecule is CCc1cc(CN)cc(N(C)C(C)CSC)n1. The average Bonchev–Trinajstić information content (AvgIpc) is 2.37. The van der Waals surface area contributed by atoms with Crippen molar-refractivity contribution < 1.29 is 0 Å². The lowest BCUT2D eigenvalue weighted by molar-refractivity contribution is 0.748. The van der Waals surface area contributed by atoms with E-state index in [0.29, 0.717) is 12.6 Å². The van der Waals surface area contributed by atoms with E-state index in [9.17, 15) is 0 Å². The first-order valence-electron chi connectivity index (χ1n) is 6.04. The topological polar surface area (TPSA) is 42.1 Å². The largest absolute Gasteiger partial charge is 0.356 e. The molecule has 0 radical (unpaired) electrons. The summed E-state index contributed by atoms with van der Waals surface area (Å²) in [6, 6.07) is 4.67. The molecule has 0 aromatic carbocycles. The van der Waals surface area contributed by atoms with E-state index in [0.717, 1.165) is 29.2 Å². The lowest BCUT2D eigenvalue weighted by Gasteiger charge is -2.26. The Morgan fingerprint density at radius 3 is 2.71 bits per heavy atom. The minimum atomic E-state index is 0.482. The Morgan fingerprint density at radius 1 is 1.47 bits per heavy atom. The molecule has 0 aliphatic rings. The van der Waals surface area contributed by atoms with Crippen molar-refractivity contribution >= 4 is 17.6 Å². The van der Waals surface area contributed by atoms with Gasteiger partial charge in [-0.25, -0.2) is 4.98 Å². The summed E-state index contributed by atoms with van der Waals surface area (Å²) in [6.07, 6.45) is 3.08. The number of hydrogen-bond acceptors (Lipinski definition) is 4. The van der Waals surface area contributed by atoms with Crippen molar-refractivity contribution in [1.29, 1.82) is 0 Å². The maximum absolute atomic E-state index is 5.73. The zero-order valence-corrected chi connectivity index (χ0v) is 12.0. The summed E-state index contributed by atoms with van der Waals surface area (Å²) < 4.78 is 0. The van der Waals surface area contributed by atoms with Crippen LogP contribution in [0.3, 0.4) is 0 Å². The van der Waals surface area contributed by atoms with Gasteiger partial charge in [-0.15, -0.1) is 0 Å². The molecular weight excluding hydrogens is 230 g/mol. The van der Waals surface area contributed by atoms with Crippen molar-refractivity contribution in [1.82, 2.24) is 4.98 Å². The minimum Gasteiger partial charge on any atom is -0.356 e. The van der Waals surface area contributed by atoms with Gasteiger partial charge in [-0.3, -0.25) is 0 Å². The van der Waals surface area contributed by atoms with Crippen LogP contribution in [0.4, 0.5) is 5.82 Å². The molecule has 0 saturated carbocycles. The molecule has 0 saturated heterocycles. The van der Waals surface area contributed by atoms with Crippen LogP contribution >= 0.6 is 11.8 Å². The molecule has 1 heterocycles. The van der Waals surface area contributed by atoms with E-state index in [2.05, 4.69) is 49.2 Å². The number of anilines is 1. The van der Waals surface area contributed by atoms with Crippen LogP contribution in [0.1, 0.15) is 25.1 Å². The molecule has 4 heteroatoms. The van der Waals surface area contributed by atoms with Gasteiger partial charge >= 0.3 is 0 Å². The molecule has 1 atom stereocenters. The summed E-state index contributed by atoms with van der Waals surface area (Å²) in [5, 5.41) is 0. The van der Waals surface area contributed by atoms with Crippen molar-refractivity contribution in [2.45, 2.75) is 32.9 Å². The van der Waals surface area contributed by atoms with Gasteiger partial charge in [-0.05, 0) is 37.3 Å². The summed E-state index contributed by atoms with van der Waals surface area (Å²) in [4.78, 5) is 6.90. The Bertz CT molecular complexity index is 332. The van der Waals surface area contributed by atoms with Crippen LogP contribution in [-0.2, 0) is 13.0 Å². The van der Waals surface area contributed by atoms with Crippen LogP contribution < -0.4 is 10.6 Å². The molecule has 1 aromatic heterocycles. The molecule has 2 N–H and O–H groups in total. The number of pyridine rings is 1. The molecule has 0 aliphatic carbocycles. The van der Waals surface area contributed by atoms with E-state index in [4.69, 9.17) is 5.73 Å². The molecule has 0 aliphatic heterocycles. The normalized spacial score (nSPS) is 12.5. The predicted octanol–water partition coefficient (Wildman–Crippen LogP) is 2.29. The van der Waals surface area contributed by atoms with E-state index in [1.165, 1.54) is 0 Å². The molecule has 1 unspecified atom stereocenters. The molecule has 1 aromatic rings. The second-order valence-corrected chi connectivity index (χ2v) is 5.21. The standard InChI is InChI=1S/C13H23N3S/c1-5-12-6-11(8-14)7-13(15-12)16(3)10(2)9-17-4/h6-7,10H,5,8-9,14H2,1-4H3. The Morgan fingerprint density at radius 2 is 2.18 bits per heavy atom. The van der Waals surface area contributed by atoms with Gasteiger partial charge in [0.25, 0.3) is 0 Å². The monoisotopic (exact) mass is 253 g/mol. The molecule has 0 amide bonds. The van der Waals surface area contributed by atoms with Gasteiger partial charge in [0.15, 0.2) is 0 Å². The molecule has 3 nitrogen and oxygen atoms in total. The highest BCUT2D eigenvalue weighted by molar-refractivity contribution is 7.98. The fourth-order valence-corrected chi connectivity index (χ4v) is 2.40. The van der Waals surface area contributed by atoms with Gasteiger partial charge in [0, 0.05) is 31.1 Å². The van der Waals surface area contributed by atoms with Crippen LogP contribution in [0.2, 0.25) is 0 Å². The Kier molecular flexibility index (Phi) is 5.78. The smallest absolute Gasteiger partial charge is 0.129 e. The third kappa shape index (κ3) is 3.89. The van der Waals surface area contributed by atoms with E-state index < -0.39 is 0 Å². The molecule has 1 rings (SSSR count). The number of aryl methyl sites for hydroxylation is 1. The predicted molar refractivity (Wildman–Crippen MR) is 77.8 cm³/mol. The maximum atomic E-state index is 5.73. The number of aromatic nitrogens is 1. The molecule has 17 heavy (non-hydrogen) atoms. The van der Waals surface area contributed by atoms with Gasteiger partial charge in [-0.2, -0.15) is 11.8 Å². The van der Waals surface area contributed by atoms with Crippen LogP contribution in [0.25, 0.3) is 0 Å². The first kappa shape index (κ1) is 14.3. The van der Waals surface area contributed by atoms with E-state index in [1.807, 2.05) is 11.8 Å². The highest BCUT2D eigenvalue weighted by Gasteiger charge is 2.12. The molecule has 0 fully saturated rings. The number of rotatable bonds is 6. The third-order valence-electron chi connectivity index (χ3n) is 2.95. The average molecular weight is 253 g/mol. The summed E-state index contributed by atoms with van der Waals surface area (Å²) in [7, 11) is 2.10. The van der Waals surface area contributed by atoms with Crippen LogP contribution in [-0.4, -0.2) is 30.1 Å². The third-order valence-corrected chi connectivity index (χ3v) is 3.77. The summed E-state index contributed by atoms with van der Waals surface area (Å²) in [6.45, 7) is 4.92. The van der Waals surface area contributed by atoms with Crippen LogP contribution in [0.5, 0.6) is 0 Å². The molecule has 0 bridgehead atoms. The second-order valence-electron chi connectivity index (χ2n) is 4.30. The highest BCUT2D eigenvalue weighted by Crippen LogP contribution is 2.17. The van der Waals surface area contributed by atoms with E-state index >= 15 is 0 Å². The van der Waals surface area contributed by atoms with Crippen LogP contribution in [0, 0.1) is 0 Å². The van der Waals surface area contributed by atoms with Gasteiger partial charge in [0.2, 0.25) is 0 Å². The van der Waals surface area contributed by atoms with E-state index in [1.54, 1.807) is 0 Å². The Hall–Kier alpha value is -0.740. The number of hydrogen-bond donors (Lipinski definition) is 1. The zero-order valence-electron chi connectivity index (χ0n) is 11.2. The van der Waals surface area contributed by atoms with E-state index in [-0.39, 0.29) is 0 Å². The van der Waals surface area contributed by atoms with Gasteiger partial charge < -0.3 is 10.6 Å². The van der Waals surface area contributed by atoms with Gasteiger partial charge in [0.1, 0.15) is 5.82 Å². The fourth-order valence-electron chi connectivity index (χ4n) is 1.69. The number of nitrogens with zero attached hydrogens (tertiary/aromatic N) is 2. The van der Waals surface area contributed by atoms with Crippen molar-refractivity contribution in [3.63, 3.8) is 0 Å². The first-order chi connectivity index (χ1) is 8.12. The second kappa shape index (κ2) is 6.87. The molecule has 96 valence electrons. The lowest BCUT2D eigenvalue weighted by Crippen LogP contribution is -2.31. The number of thioether (sulfide) groups is 1. The van der Waals surface area contributed by atoms with Crippen molar-refractivity contribution in [2.24, 2.45) is 5.73 Å². The summed E-state index contributed by atoms with van der Waals surface area (Å²) >= 11 is 1.86. The van der Waals surface area contributed by atoms with Gasteiger partial charge in [0.05, 0.1) is 0 Å². The van der Waals surface area contributed by atoms with Crippen molar-refractivity contribution in [3.05, 3.63) is 23.4 Å². The first-order valence-corrected chi connectivity index (χ1v) is 7.43. The fraction of sp³-hybridized carbons (Fsp3) is 0.615. The maximum Gasteiger partial charge on any atom is 0.129 e. The van der Waals surface area contributed by atoms with Crippen LogP contribution in [0.15, 0.2) is 12.1 Å². The highest BCUT2D eigenvalue weighted by atomic mass is 32.2. The number of nitrogens with two attached hydrogens (primary N) is 1. The minimum absolute atomic E-state index is 0.482. The van der Waals surface area contributed by atoms with Crippen molar-refractivity contribution in [3.8, 4) is 0 Å². The molecule has 0 spiro atoms. The Labute approximate surface area is 109 Å². The zero-order chi connectivity index (χ0) is 12.8. The lowest BCUT2D eigenvalue weighted by atomic mass is 10.2. The molecular formula is C13H23N3S. The Balaban J connectivity index is 2.95.